The fourth-order valence-corrected chi connectivity index (χ4v) is 5.36. The molecule has 2 aromatic heterocycles. The van der Waals surface area contributed by atoms with Gasteiger partial charge in [0.05, 0.1) is 21.9 Å². The van der Waals surface area contributed by atoms with Crippen molar-refractivity contribution in [2.75, 3.05) is 10.8 Å². The minimum absolute atomic E-state index is 0.0244. The second-order valence-corrected chi connectivity index (χ2v) is 10.9. The van der Waals surface area contributed by atoms with E-state index >= 15 is 0 Å². The number of rotatable bonds is 9. The van der Waals surface area contributed by atoms with Crippen molar-refractivity contribution in [3.05, 3.63) is 81.7 Å². The average Bonchev–Trinajstić information content (AvgIpc) is 3.65. The van der Waals surface area contributed by atoms with E-state index in [4.69, 9.17) is 0 Å². The van der Waals surface area contributed by atoms with E-state index in [1.54, 1.807) is 12.1 Å². The van der Waals surface area contributed by atoms with Gasteiger partial charge in [0.1, 0.15) is 22.8 Å². The molecule has 0 saturated heterocycles. The number of halogens is 5. The highest BCUT2D eigenvalue weighted by molar-refractivity contribution is 9.10. The summed E-state index contributed by atoms with van der Waals surface area (Å²) in [6, 6.07) is 11.0. The summed E-state index contributed by atoms with van der Waals surface area (Å²) >= 11 is 0.495. The number of aromatic nitrogens is 2. The van der Waals surface area contributed by atoms with Crippen molar-refractivity contribution in [1.29, 1.82) is 0 Å². The van der Waals surface area contributed by atoms with Gasteiger partial charge in [-0.25, -0.2) is 17.9 Å². The SMILES string of the molecule is O=C(O)c1c(-c2ccc(F)cc2)nn2cc(N(CCc3ccc(Br)c(OC(F)(F)F)c3)S(=O)O)c(C3CC3)cc12. The summed E-state index contributed by atoms with van der Waals surface area (Å²) in [4.78, 5) is 12.2. The number of fused-ring (bicyclic) bond motifs is 1. The van der Waals surface area contributed by atoms with Gasteiger partial charge in [-0.2, -0.15) is 5.10 Å². The zero-order valence-electron chi connectivity index (χ0n) is 20.4. The number of hydrogen-bond acceptors (Lipinski definition) is 4. The van der Waals surface area contributed by atoms with Crippen LogP contribution in [-0.4, -0.2) is 42.4 Å². The Bertz CT molecular complexity index is 1620. The lowest BCUT2D eigenvalue weighted by Gasteiger charge is -2.23. The van der Waals surface area contributed by atoms with Crippen LogP contribution in [0.2, 0.25) is 0 Å². The van der Waals surface area contributed by atoms with E-state index in [1.165, 1.54) is 51.4 Å². The fourth-order valence-electron chi connectivity index (χ4n) is 4.47. The first-order valence-electron chi connectivity index (χ1n) is 11.9. The van der Waals surface area contributed by atoms with Crippen molar-refractivity contribution >= 4 is 44.4 Å². The maximum absolute atomic E-state index is 13.5. The third-order valence-electron chi connectivity index (χ3n) is 6.41. The molecule has 8 nitrogen and oxygen atoms in total. The topological polar surface area (TPSA) is 104 Å². The van der Waals surface area contributed by atoms with Gasteiger partial charge in [0.2, 0.25) is 0 Å². The zero-order valence-corrected chi connectivity index (χ0v) is 22.8. The Balaban J connectivity index is 1.54. The number of aromatic carboxylic acids is 1. The molecule has 2 heterocycles. The van der Waals surface area contributed by atoms with Crippen LogP contribution in [0, 0.1) is 5.82 Å². The Morgan fingerprint density at radius 2 is 1.88 bits per heavy atom. The highest BCUT2D eigenvalue weighted by Gasteiger charge is 2.33. The number of pyridine rings is 1. The predicted molar refractivity (Wildman–Crippen MR) is 142 cm³/mol. The van der Waals surface area contributed by atoms with E-state index in [9.17, 15) is 36.2 Å². The van der Waals surface area contributed by atoms with Gasteiger partial charge in [0.25, 0.3) is 11.3 Å². The largest absolute Gasteiger partial charge is 0.573 e. The second-order valence-electron chi connectivity index (χ2n) is 9.15. The lowest BCUT2D eigenvalue weighted by Crippen LogP contribution is -2.29. The smallest absolute Gasteiger partial charge is 0.478 e. The van der Waals surface area contributed by atoms with E-state index in [2.05, 4.69) is 25.8 Å². The van der Waals surface area contributed by atoms with Gasteiger partial charge >= 0.3 is 12.3 Å². The van der Waals surface area contributed by atoms with Crippen LogP contribution in [0.5, 0.6) is 5.75 Å². The Hall–Kier alpha value is -3.49. The molecule has 1 aliphatic rings. The third kappa shape index (κ3) is 5.98. The van der Waals surface area contributed by atoms with Crippen molar-refractivity contribution in [1.82, 2.24) is 9.61 Å². The van der Waals surface area contributed by atoms with Gasteiger partial charge < -0.3 is 9.84 Å². The molecule has 1 saturated carbocycles. The molecule has 1 fully saturated rings. The molecule has 0 amide bonds. The van der Waals surface area contributed by atoms with Crippen LogP contribution in [0.15, 0.2) is 59.2 Å². The van der Waals surface area contributed by atoms with Crippen LogP contribution in [0.1, 0.15) is 40.2 Å². The molecule has 2 aromatic carbocycles. The number of anilines is 1. The molecule has 0 aliphatic heterocycles. The maximum Gasteiger partial charge on any atom is 0.573 e. The predicted octanol–water partition coefficient (Wildman–Crippen LogP) is 6.56. The number of nitrogens with zero attached hydrogens (tertiary/aromatic N) is 3. The van der Waals surface area contributed by atoms with Gasteiger partial charge in [-0.3, -0.25) is 8.86 Å². The van der Waals surface area contributed by atoms with Crippen LogP contribution in [0.4, 0.5) is 23.2 Å². The fraction of sp³-hybridized carbons (Fsp3) is 0.231. The number of benzene rings is 2. The molecule has 40 heavy (non-hydrogen) atoms. The summed E-state index contributed by atoms with van der Waals surface area (Å²) in [5.74, 6) is -2.14. The van der Waals surface area contributed by atoms with Crippen molar-refractivity contribution in [2.24, 2.45) is 0 Å². The molecule has 1 atom stereocenters. The van der Waals surface area contributed by atoms with Gasteiger partial charge in [-0.15, -0.1) is 13.2 Å². The average molecular weight is 642 g/mol. The van der Waals surface area contributed by atoms with E-state index in [0.717, 1.165) is 12.8 Å². The lowest BCUT2D eigenvalue weighted by atomic mass is 10.0. The standard InChI is InChI=1S/C26H20BrF4N3O5S/c27-19-8-1-14(11-22(19)39-26(29,30)31)9-10-34(40(37)38)21-13-33-20(12-18(21)15-2-3-15)23(25(35)36)24(32-33)16-4-6-17(28)7-5-16/h1,4-8,11-13,15H,2-3,9-10H2,(H,35,36)(H,37,38). The second kappa shape index (κ2) is 10.8. The Labute approximate surface area is 235 Å². The minimum Gasteiger partial charge on any atom is -0.478 e. The molecule has 0 radical (unpaired) electrons. The molecule has 0 spiro atoms. The summed E-state index contributed by atoms with van der Waals surface area (Å²) in [5.41, 5.74) is 2.08. The third-order valence-corrected chi connectivity index (χ3v) is 7.82. The molecule has 0 bridgehead atoms. The Morgan fingerprint density at radius 1 is 1.18 bits per heavy atom. The summed E-state index contributed by atoms with van der Waals surface area (Å²) in [6.45, 7) is -0.0562. The molecule has 4 aromatic rings. The van der Waals surface area contributed by atoms with E-state index < -0.39 is 35.2 Å². The molecule has 1 unspecified atom stereocenters. The van der Waals surface area contributed by atoms with Crippen molar-refractivity contribution in [3.8, 4) is 17.0 Å². The van der Waals surface area contributed by atoms with Crippen LogP contribution in [-0.2, 0) is 17.7 Å². The summed E-state index contributed by atoms with van der Waals surface area (Å²) in [5, 5.41) is 14.4. The van der Waals surface area contributed by atoms with Crippen LogP contribution in [0.3, 0.4) is 0 Å². The molecule has 14 heteroatoms. The van der Waals surface area contributed by atoms with Crippen LogP contribution < -0.4 is 9.04 Å². The van der Waals surface area contributed by atoms with Gasteiger partial charge in [-0.1, -0.05) is 6.07 Å². The maximum atomic E-state index is 13.5. The molecule has 5 rings (SSSR count). The first-order chi connectivity index (χ1) is 18.9. The van der Waals surface area contributed by atoms with E-state index in [0.29, 0.717) is 22.4 Å². The molecular weight excluding hydrogens is 622 g/mol. The summed E-state index contributed by atoms with van der Waals surface area (Å²) < 4.78 is 81.1. The molecule has 1 aliphatic carbocycles. The highest BCUT2D eigenvalue weighted by Crippen LogP contribution is 2.46. The van der Waals surface area contributed by atoms with Gasteiger partial charge in [0.15, 0.2) is 0 Å². The van der Waals surface area contributed by atoms with Gasteiger partial charge in [0, 0.05) is 12.1 Å². The minimum atomic E-state index is -4.89. The number of carboxylic acids is 1. The normalized spacial score (nSPS) is 14.3. The first kappa shape index (κ1) is 28.1. The molecular formula is C26H20BrF4N3O5S. The van der Waals surface area contributed by atoms with Crippen LogP contribution in [0.25, 0.3) is 16.8 Å². The number of alkyl halides is 3. The van der Waals surface area contributed by atoms with Crippen molar-refractivity contribution in [2.45, 2.75) is 31.5 Å². The van der Waals surface area contributed by atoms with Crippen LogP contribution >= 0.6 is 15.9 Å². The Morgan fingerprint density at radius 3 is 2.48 bits per heavy atom. The van der Waals surface area contributed by atoms with Crippen molar-refractivity contribution in [3.63, 3.8) is 0 Å². The number of carboxylic acid groups (broad SMARTS) is 1. The van der Waals surface area contributed by atoms with E-state index in [-0.39, 0.29) is 40.1 Å². The first-order valence-corrected chi connectivity index (χ1v) is 13.7. The lowest BCUT2D eigenvalue weighted by molar-refractivity contribution is -0.274. The van der Waals surface area contributed by atoms with Gasteiger partial charge in [-0.05, 0) is 94.7 Å². The summed E-state index contributed by atoms with van der Waals surface area (Å²) in [7, 11) is 0. The van der Waals surface area contributed by atoms with Crippen molar-refractivity contribution < 1.29 is 41.0 Å². The molecule has 210 valence electrons. The number of carbonyl (C=O) groups is 1. The quantitative estimate of drug-likeness (QED) is 0.158. The monoisotopic (exact) mass is 641 g/mol. The zero-order chi connectivity index (χ0) is 28.8. The molecule has 2 N–H and O–H groups in total. The summed E-state index contributed by atoms with van der Waals surface area (Å²) in [6.07, 6.45) is -1.74. The number of hydrogen-bond donors (Lipinski definition) is 2. The highest BCUT2D eigenvalue weighted by atomic mass is 79.9. The van der Waals surface area contributed by atoms with E-state index in [1.807, 2.05) is 0 Å². The number of ether oxygens (including phenoxy) is 1. The Kier molecular flexibility index (Phi) is 7.59.